The Bertz CT molecular complexity index is 926. The summed E-state index contributed by atoms with van der Waals surface area (Å²) < 4.78 is 38.2. The zero-order valence-electron chi connectivity index (χ0n) is 18.7. The molecule has 1 saturated heterocycles. The highest BCUT2D eigenvalue weighted by Crippen LogP contribution is 2.23. The standard InChI is InChI=1S/C18H22F2N4O3S.C6H6/c19-18(20)27-14-1-3-15(4-2-14)28-22-9-13-10-24(11-16(13)21)17(25)12-23-5-7-26-8-6-23;1-2-4-6-5-3-1/h1-4,9,18H,5-8,10-12,21H2;1-6H/b22-9+;. The minimum atomic E-state index is -2.84. The van der Waals surface area contributed by atoms with E-state index in [1.165, 1.54) is 24.1 Å². The van der Waals surface area contributed by atoms with Crippen LogP contribution in [0.1, 0.15) is 0 Å². The zero-order valence-corrected chi connectivity index (χ0v) is 19.5. The molecule has 0 aromatic heterocycles. The number of ether oxygens (including phenoxy) is 2. The first-order valence-corrected chi connectivity index (χ1v) is 11.6. The lowest BCUT2D eigenvalue weighted by molar-refractivity contribution is -0.132. The molecular formula is C24H28F2N4O3S. The van der Waals surface area contributed by atoms with E-state index in [9.17, 15) is 13.6 Å². The van der Waals surface area contributed by atoms with Crippen LogP contribution in [0.2, 0.25) is 0 Å². The van der Waals surface area contributed by atoms with Gasteiger partial charge in [-0.1, -0.05) is 36.4 Å². The molecule has 0 radical (unpaired) electrons. The average Bonchev–Trinajstić information content (AvgIpc) is 3.23. The predicted molar refractivity (Wildman–Crippen MR) is 129 cm³/mol. The van der Waals surface area contributed by atoms with Gasteiger partial charge in [-0.3, -0.25) is 9.69 Å². The number of nitrogens with zero attached hydrogens (tertiary/aromatic N) is 3. The van der Waals surface area contributed by atoms with Crippen molar-refractivity contribution in [2.45, 2.75) is 11.5 Å². The summed E-state index contributed by atoms with van der Waals surface area (Å²) in [4.78, 5) is 17.0. The second kappa shape index (κ2) is 13.7. The van der Waals surface area contributed by atoms with Gasteiger partial charge in [-0.05, 0) is 24.3 Å². The van der Waals surface area contributed by atoms with Gasteiger partial charge in [-0.2, -0.15) is 8.78 Å². The van der Waals surface area contributed by atoms with Crippen molar-refractivity contribution in [3.05, 3.63) is 71.9 Å². The van der Waals surface area contributed by atoms with Crippen LogP contribution in [0.4, 0.5) is 8.78 Å². The van der Waals surface area contributed by atoms with Crippen LogP contribution < -0.4 is 10.5 Å². The van der Waals surface area contributed by atoms with E-state index in [1.807, 2.05) is 36.4 Å². The van der Waals surface area contributed by atoms with E-state index in [0.717, 1.165) is 23.6 Å². The molecule has 2 heterocycles. The molecule has 34 heavy (non-hydrogen) atoms. The van der Waals surface area contributed by atoms with E-state index in [0.29, 0.717) is 38.5 Å². The normalized spacial score (nSPS) is 16.6. The number of rotatable bonds is 7. The minimum absolute atomic E-state index is 0.0375. The summed E-state index contributed by atoms with van der Waals surface area (Å²) in [6.45, 7) is 1.17. The number of morpholine rings is 1. The van der Waals surface area contributed by atoms with E-state index in [-0.39, 0.29) is 11.7 Å². The maximum absolute atomic E-state index is 12.5. The Hall–Kier alpha value is -2.95. The molecule has 1 fully saturated rings. The third kappa shape index (κ3) is 8.77. The summed E-state index contributed by atoms with van der Waals surface area (Å²) >= 11 is 1.19. The summed E-state index contributed by atoms with van der Waals surface area (Å²) in [6.07, 6.45) is 1.64. The minimum Gasteiger partial charge on any atom is -0.435 e. The largest absolute Gasteiger partial charge is 0.435 e. The van der Waals surface area contributed by atoms with Crippen LogP contribution in [0, 0.1) is 0 Å². The van der Waals surface area contributed by atoms with Crippen LogP contribution in [0.15, 0.2) is 81.2 Å². The number of halogens is 2. The SMILES string of the molecule is NC1=C(/C=N/Sc2ccc(OC(F)F)cc2)CN(C(=O)CN2CCOCC2)C1.c1ccccc1. The third-order valence-corrected chi connectivity index (χ3v) is 5.73. The molecule has 0 unspecified atom stereocenters. The van der Waals surface area contributed by atoms with Crippen molar-refractivity contribution in [3.63, 3.8) is 0 Å². The van der Waals surface area contributed by atoms with Crippen molar-refractivity contribution in [3.8, 4) is 5.75 Å². The summed E-state index contributed by atoms with van der Waals surface area (Å²) in [5, 5.41) is 0. The Morgan fingerprint density at radius 3 is 2.29 bits per heavy atom. The van der Waals surface area contributed by atoms with Gasteiger partial charge in [0, 0.05) is 54.0 Å². The number of benzene rings is 2. The molecule has 0 atom stereocenters. The molecule has 0 saturated carbocycles. The summed E-state index contributed by atoms with van der Waals surface area (Å²) in [7, 11) is 0. The molecule has 7 nitrogen and oxygen atoms in total. The van der Waals surface area contributed by atoms with E-state index < -0.39 is 6.61 Å². The molecule has 4 rings (SSSR count). The fraction of sp³-hybridized carbons (Fsp3) is 0.333. The van der Waals surface area contributed by atoms with Crippen molar-refractivity contribution in [2.75, 3.05) is 45.9 Å². The Kier molecular flexibility index (Phi) is 10.3. The van der Waals surface area contributed by atoms with Crippen LogP contribution in [-0.2, 0) is 9.53 Å². The first-order chi connectivity index (χ1) is 16.5. The first kappa shape index (κ1) is 25.7. The van der Waals surface area contributed by atoms with Gasteiger partial charge in [0.05, 0.1) is 26.3 Å². The maximum Gasteiger partial charge on any atom is 0.387 e. The van der Waals surface area contributed by atoms with Crippen LogP contribution in [0.3, 0.4) is 0 Å². The molecule has 2 aliphatic rings. The molecule has 2 aromatic rings. The van der Waals surface area contributed by atoms with Crippen molar-refractivity contribution in [1.29, 1.82) is 0 Å². The molecular weight excluding hydrogens is 462 g/mol. The molecule has 1 amide bonds. The van der Waals surface area contributed by atoms with Gasteiger partial charge in [0.15, 0.2) is 0 Å². The van der Waals surface area contributed by atoms with E-state index >= 15 is 0 Å². The fourth-order valence-electron chi connectivity index (χ4n) is 3.24. The Labute approximate surface area is 202 Å². The number of carbonyl (C=O) groups excluding carboxylic acids is 1. The van der Waals surface area contributed by atoms with Crippen LogP contribution in [-0.4, -0.2) is 74.5 Å². The highest BCUT2D eigenvalue weighted by molar-refractivity contribution is 7.98. The molecule has 0 spiro atoms. The van der Waals surface area contributed by atoms with Gasteiger partial charge < -0.3 is 20.1 Å². The smallest absolute Gasteiger partial charge is 0.387 e. The Morgan fingerprint density at radius 1 is 1.09 bits per heavy atom. The molecule has 0 bridgehead atoms. The number of amides is 1. The van der Waals surface area contributed by atoms with Gasteiger partial charge in [-0.15, -0.1) is 0 Å². The summed E-state index contributed by atoms with van der Waals surface area (Å²) in [5.74, 6) is 0.135. The van der Waals surface area contributed by atoms with Crippen molar-refractivity contribution in [1.82, 2.24) is 9.80 Å². The summed E-state index contributed by atoms with van der Waals surface area (Å²) in [5.41, 5.74) is 7.48. The highest BCUT2D eigenvalue weighted by atomic mass is 32.2. The van der Waals surface area contributed by atoms with Crippen molar-refractivity contribution >= 4 is 24.1 Å². The highest BCUT2D eigenvalue weighted by Gasteiger charge is 2.25. The lowest BCUT2D eigenvalue weighted by atomic mass is 10.3. The second-order valence-corrected chi connectivity index (χ2v) is 8.38. The number of carbonyl (C=O) groups is 1. The molecule has 2 N–H and O–H groups in total. The van der Waals surface area contributed by atoms with Crippen LogP contribution >= 0.6 is 11.9 Å². The van der Waals surface area contributed by atoms with Crippen molar-refractivity contribution < 1.29 is 23.0 Å². The van der Waals surface area contributed by atoms with Gasteiger partial charge in [0.2, 0.25) is 5.91 Å². The Balaban J connectivity index is 0.000000469. The number of nitrogens with two attached hydrogens (primary N) is 1. The van der Waals surface area contributed by atoms with Crippen LogP contribution in [0.25, 0.3) is 0 Å². The van der Waals surface area contributed by atoms with E-state index in [2.05, 4.69) is 14.0 Å². The maximum atomic E-state index is 12.5. The third-order valence-electron chi connectivity index (χ3n) is 5.03. The Morgan fingerprint density at radius 2 is 1.71 bits per heavy atom. The first-order valence-electron chi connectivity index (χ1n) is 10.8. The van der Waals surface area contributed by atoms with Gasteiger partial charge in [0.25, 0.3) is 0 Å². The number of alkyl halides is 2. The molecule has 0 aliphatic carbocycles. The predicted octanol–water partition coefficient (Wildman–Crippen LogP) is 3.44. The number of hydrogen-bond acceptors (Lipinski definition) is 7. The molecule has 10 heteroatoms. The van der Waals surface area contributed by atoms with E-state index in [4.69, 9.17) is 10.5 Å². The lowest BCUT2D eigenvalue weighted by Crippen LogP contribution is -2.44. The fourth-order valence-corrected chi connectivity index (χ4v) is 3.80. The monoisotopic (exact) mass is 490 g/mol. The lowest BCUT2D eigenvalue weighted by Gasteiger charge is -2.28. The quantitative estimate of drug-likeness (QED) is 0.473. The van der Waals surface area contributed by atoms with E-state index in [1.54, 1.807) is 23.2 Å². The number of hydrogen-bond donors (Lipinski definition) is 1. The molecule has 182 valence electrons. The zero-order chi connectivity index (χ0) is 24.2. The molecule has 2 aliphatic heterocycles. The van der Waals surface area contributed by atoms with Crippen molar-refractivity contribution in [2.24, 2.45) is 10.1 Å². The average molecular weight is 491 g/mol. The van der Waals surface area contributed by atoms with Gasteiger partial charge >= 0.3 is 6.61 Å². The van der Waals surface area contributed by atoms with Gasteiger partial charge in [0.1, 0.15) is 5.75 Å². The second-order valence-electron chi connectivity index (χ2n) is 7.52. The molecule has 2 aromatic carbocycles. The van der Waals surface area contributed by atoms with Gasteiger partial charge in [-0.25, -0.2) is 4.40 Å². The topological polar surface area (TPSA) is 80.4 Å². The van der Waals surface area contributed by atoms with Crippen LogP contribution in [0.5, 0.6) is 5.75 Å². The summed E-state index contributed by atoms with van der Waals surface area (Å²) in [6, 6.07) is 18.2.